The lowest BCUT2D eigenvalue weighted by Crippen LogP contribution is -2.10. The number of nitrogens with zero attached hydrogens (tertiary/aromatic N) is 2. The standard InChI is InChI=1S/C18H15ClN4O3/c1-3-26-18(25)13-8-20-16-14(13)15(21-9-22-16)11-5-4-6-12(7-11)23-17(24)10(2)19/h4-9H,2-3H2,1H3,(H,23,24)(H,20,21,22). The van der Waals surface area contributed by atoms with Crippen molar-refractivity contribution in [3.05, 3.63) is 54.0 Å². The number of esters is 1. The Balaban J connectivity index is 2.08. The van der Waals surface area contributed by atoms with Crippen LogP contribution in [0.3, 0.4) is 0 Å². The highest BCUT2D eigenvalue weighted by molar-refractivity contribution is 6.43. The van der Waals surface area contributed by atoms with Gasteiger partial charge in [-0.3, -0.25) is 4.79 Å². The lowest BCUT2D eigenvalue weighted by molar-refractivity contribution is -0.112. The van der Waals surface area contributed by atoms with Gasteiger partial charge in [0.05, 0.1) is 28.3 Å². The van der Waals surface area contributed by atoms with E-state index in [9.17, 15) is 9.59 Å². The summed E-state index contributed by atoms with van der Waals surface area (Å²) in [4.78, 5) is 35.3. The number of hydrogen-bond donors (Lipinski definition) is 2. The maximum absolute atomic E-state index is 12.2. The van der Waals surface area contributed by atoms with Crippen LogP contribution in [-0.4, -0.2) is 33.4 Å². The van der Waals surface area contributed by atoms with E-state index >= 15 is 0 Å². The number of anilines is 1. The molecule has 8 heteroatoms. The molecule has 7 nitrogen and oxygen atoms in total. The molecule has 0 bridgehead atoms. The summed E-state index contributed by atoms with van der Waals surface area (Å²) < 4.78 is 5.09. The molecule has 0 radical (unpaired) electrons. The number of ether oxygens (including phenoxy) is 1. The third-order valence-corrected chi connectivity index (χ3v) is 3.78. The number of hydrogen-bond acceptors (Lipinski definition) is 5. The Hall–Kier alpha value is -3.19. The molecule has 1 amide bonds. The number of benzene rings is 1. The van der Waals surface area contributed by atoms with E-state index in [1.54, 1.807) is 31.3 Å². The van der Waals surface area contributed by atoms with Gasteiger partial charge in [0.25, 0.3) is 5.91 Å². The third-order valence-electron chi connectivity index (χ3n) is 3.61. The summed E-state index contributed by atoms with van der Waals surface area (Å²) in [6.45, 7) is 5.39. The van der Waals surface area contributed by atoms with Gasteiger partial charge in [-0.15, -0.1) is 0 Å². The number of H-pyrrole nitrogens is 1. The molecule has 2 N–H and O–H groups in total. The normalized spacial score (nSPS) is 10.5. The minimum Gasteiger partial charge on any atom is -0.462 e. The van der Waals surface area contributed by atoms with Crippen LogP contribution in [0, 0.1) is 0 Å². The van der Waals surface area contributed by atoms with Crippen molar-refractivity contribution < 1.29 is 14.3 Å². The number of aromatic nitrogens is 3. The van der Waals surface area contributed by atoms with Crippen molar-refractivity contribution in [2.75, 3.05) is 11.9 Å². The lowest BCUT2D eigenvalue weighted by Gasteiger charge is -2.08. The predicted octanol–water partition coefficient (Wildman–Crippen LogP) is 3.49. The van der Waals surface area contributed by atoms with Crippen molar-refractivity contribution in [1.82, 2.24) is 15.0 Å². The molecule has 0 saturated heterocycles. The highest BCUT2D eigenvalue weighted by Gasteiger charge is 2.19. The fourth-order valence-electron chi connectivity index (χ4n) is 2.49. The summed E-state index contributed by atoms with van der Waals surface area (Å²) in [6, 6.07) is 7.01. The summed E-state index contributed by atoms with van der Waals surface area (Å²) in [7, 11) is 0. The van der Waals surface area contributed by atoms with Gasteiger partial charge >= 0.3 is 5.97 Å². The number of amides is 1. The second-order valence-corrected chi connectivity index (χ2v) is 5.76. The minimum absolute atomic E-state index is 0.116. The van der Waals surface area contributed by atoms with Crippen LogP contribution in [0.1, 0.15) is 17.3 Å². The number of carbonyl (C=O) groups is 2. The monoisotopic (exact) mass is 370 g/mol. The van der Waals surface area contributed by atoms with Crippen molar-refractivity contribution in [3.63, 3.8) is 0 Å². The molecule has 2 aromatic heterocycles. The zero-order valence-electron chi connectivity index (χ0n) is 13.9. The van der Waals surface area contributed by atoms with Gasteiger partial charge in [0, 0.05) is 17.4 Å². The largest absolute Gasteiger partial charge is 0.462 e. The quantitative estimate of drug-likeness (QED) is 0.529. The van der Waals surface area contributed by atoms with Crippen molar-refractivity contribution >= 4 is 40.2 Å². The van der Waals surface area contributed by atoms with E-state index in [1.807, 2.05) is 6.07 Å². The molecule has 0 unspecified atom stereocenters. The second kappa shape index (κ2) is 7.37. The number of halogens is 1. The molecule has 132 valence electrons. The van der Waals surface area contributed by atoms with Gasteiger partial charge in [-0.1, -0.05) is 30.3 Å². The number of aromatic amines is 1. The average molecular weight is 371 g/mol. The first kappa shape index (κ1) is 17.6. The first-order valence-electron chi connectivity index (χ1n) is 7.76. The predicted molar refractivity (Wildman–Crippen MR) is 98.9 cm³/mol. The zero-order chi connectivity index (χ0) is 18.7. The Kier molecular flexibility index (Phi) is 4.99. The molecule has 3 rings (SSSR count). The fraction of sp³-hybridized carbons (Fsp3) is 0.111. The molecule has 0 saturated carbocycles. The van der Waals surface area contributed by atoms with E-state index in [4.69, 9.17) is 16.3 Å². The van der Waals surface area contributed by atoms with Crippen LogP contribution in [0.25, 0.3) is 22.3 Å². The summed E-state index contributed by atoms with van der Waals surface area (Å²) >= 11 is 5.60. The summed E-state index contributed by atoms with van der Waals surface area (Å²) in [5, 5.41) is 3.07. The van der Waals surface area contributed by atoms with E-state index in [-0.39, 0.29) is 11.6 Å². The van der Waals surface area contributed by atoms with Crippen LogP contribution in [-0.2, 0) is 9.53 Å². The van der Waals surface area contributed by atoms with Crippen molar-refractivity contribution in [2.24, 2.45) is 0 Å². The Bertz CT molecular complexity index is 1010. The van der Waals surface area contributed by atoms with E-state index in [1.165, 1.54) is 6.33 Å². The van der Waals surface area contributed by atoms with Gasteiger partial charge in [0.1, 0.15) is 12.0 Å². The number of rotatable bonds is 5. The van der Waals surface area contributed by atoms with E-state index < -0.39 is 11.9 Å². The van der Waals surface area contributed by atoms with Gasteiger partial charge in [-0.05, 0) is 19.1 Å². The van der Waals surface area contributed by atoms with Gasteiger partial charge in [-0.25, -0.2) is 14.8 Å². The average Bonchev–Trinajstić information content (AvgIpc) is 3.06. The third kappa shape index (κ3) is 3.43. The summed E-state index contributed by atoms with van der Waals surface area (Å²) in [6.07, 6.45) is 2.94. The molecular weight excluding hydrogens is 356 g/mol. The Morgan fingerprint density at radius 2 is 2.15 bits per heavy atom. The van der Waals surface area contributed by atoms with Crippen molar-refractivity contribution in [1.29, 1.82) is 0 Å². The van der Waals surface area contributed by atoms with Crippen LogP contribution < -0.4 is 5.32 Å². The lowest BCUT2D eigenvalue weighted by atomic mass is 10.1. The highest BCUT2D eigenvalue weighted by atomic mass is 35.5. The molecule has 0 aliphatic rings. The molecular formula is C18H15ClN4O3. The number of carbonyl (C=O) groups excluding carboxylic acids is 2. The van der Waals surface area contributed by atoms with Crippen LogP contribution in [0.5, 0.6) is 0 Å². The SMILES string of the molecule is C=C(Cl)C(=O)Nc1cccc(-c2ncnc3[nH]cc(C(=O)OCC)c23)c1. The van der Waals surface area contributed by atoms with Crippen LogP contribution in [0.4, 0.5) is 5.69 Å². The van der Waals surface area contributed by atoms with E-state index in [0.29, 0.717) is 33.5 Å². The molecule has 0 aliphatic heterocycles. The van der Waals surface area contributed by atoms with Crippen molar-refractivity contribution in [3.8, 4) is 11.3 Å². The zero-order valence-corrected chi connectivity index (χ0v) is 14.6. The molecule has 0 aliphatic carbocycles. The van der Waals surface area contributed by atoms with Crippen molar-refractivity contribution in [2.45, 2.75) is 6.92 Å². The number of nitrogens with one attached hydrogen (secondary N) is 2. The molecule has 26 heavy (non-hydrogen) atoms. The van der Waals surface area contributed by atoms with Crippen LogP contribution >= 0.6 is 11.6 Å². The maximum Gasteiger partial charge on any atom is 0.340 e. The molecule has 0 spiro atoms. The molecule has 0 atom stereocenters. The summed E-state index contributed by atoms with van der Waals surface area (Å²) in [5.41, 5.74) is 2.62. The van der Waals surface area contributed by atoms with E-state index in [0.717, 1.165) is 0 Å². The van der Waals surface area contributed by atoms with Gasteiger partial charge in [0.2, 0.25) is 0 Å². The van der Waals surface area contributed by atoms with Gasteiger partial charge < -0.3 is 15.0 Å². The number of fused-ring (bicyclic) bond motifs is 1. The van der Waals surface area contributed by atoms with Gasteiger partial charge in [-0.2, -0.15) is 0 Å². The molecule has 2 heterocycles. The second-order valence-electron chi connectivity index (χ2n) is 5.31. The topological polar surface area (TPSA) is 97.0 Å². The molecule has 3 aromatic rings. The Labute approximate surface area is 154 Å². The smallest absolute Gasteiger partial charge is 0.340 e. The van der Waals surface area contributed by atoms with Crippen LogP contribution in [0.15, 0.2) is 48.4 Å². The van der Waals surface area contributed by atoms with Gasteiger partial charge in [0.15, 0.2) is 0 Å². The molecule has 1 aromatic carbocycles. The Morgan fingerprint density at radius 1 is 1.35 bits per heavy atom. The fourth-order valence-corrected chi connectivity index (χ4v) is 2.54. The Morgan fingerprint density at radius 3 is 2.88 bits per heavy atom. The first-order valence-corrected chi connectivity index (χ1v) is 8.14. The molecule has 0 fully saturated rings. The first-order chi connectivity index (χ1) is 12.5. The maximum atomic E-state index is 12.2. The minimum atomic E-state index is -0.495. The van der Waals surface area contributed by atoms with Crippen LogP contribution in [0.2, 0.25) is 0 Å². The van der Waals surface area contributed by atoms with E-state index in [2.05, 4.69) is 26.8 Å². The highest BCUT2D eigenvalue weighted by Crippen LogP contribution is 2.30. The summed E-state index contributed by atoms with van der Waals surface area (Å²) in [5.74, 6) is -0.955.